The molecule has 0 spiro atoms. The van der Waals surface area contributed by atoms with Crippen molar-refractivity contribution in [1.29, 1.82) is 0 Å². The first-order valence-electron chi connectivity index (χ1n) is 11.6. The fraction of sp³-hybridized carbons (Fsp3) is 0.654. The number of carbonyl (C=O) groups is 1. The molecule has 4 nitrogen and oxygen atoms in total. The third-order valence-electron chi connectivity index (χ3n) is 7.18. The first-order valence-corrected chi connectivity index (χ1v) is 11.6. The number of unbranched alkanes of at least 4 members (excludes halogenated alkanes) is 2. The minimum Gasteiger partial charge on any atom is -0.508 e. The zero-order valence-corrected chi connectivity index (χ0v) is 19.1. The van der Waals surface area contributed by atoms with Gasteiger partial charge in [-0.3, -0.25) is 0 Å². The average molecular weight is 415 g/mol. The lowest BCUT2D eigenvalue weighted by Crippen LogP contribution is -2.22. The molecule has 0 radical (unpaired) electrons. The molecule has 0 amide bonds. The Bertz CT molecular complexity index is 775. The molecule has 4 heteroatoms. The Hall–Kier alpha value is -1.97. The van der Waals surface area contributed by atoms with E-state index >= 15 is 0 Å². The number of phenols is 1. The second-order valence-corrected chi connectivity index (χ2v) is 9.54. The van der Waals surface area contributed by atoms with Crippen molar-refractivity contribution >= 4 is 5.97 Å². The summed E-state index contributed by atoms with van der Waals surface area (Å²) in [5.41, 5.74) is 3.72. The highest BCUT2D eigenvalue weighted by Gasteiger charge is 2.48. The number of hydrogen-bond donors (Lipinski definition) is 1. The number of hydrogen-bond acceptors (Lipinski definition) is 4. The summed E-state index contributed by atoms with van der Waals surface area (Å²) in [6.07, 6.45) is 12.3. The largest absolute Gasteiger partial charge is 0.508 e. The van der Waals surface area contributed by atoms with E-state index in [2.05, 4.69) is 26.8 Å². The standard InChI is InChI=1S/C26H38O4/c1-5-6-7-8-19-15-22(27)25(23(16-19)30-17-24(28)29-4)20-11-9-18(2)10-12-21(20)26(3)13-14-26/h10,15-16,20-21,27H,5-9,11-14,17H2,1-4H3/t20-,21-/m1/s1. The number of aryl methyl sites for hydroxylation is 1. The maximum absolute atomic E-state index is 11.8. The molecule has 2 aliphatic carbocycles. The molecule has 3 rings (SSSR count). The van der Waals surface area contributed by atoms with Gasteiger partial charge in [-0.15, -0.1) is 0 Å². The van der Waals surface area contributed by atoms with E-state index in [4.69, 9.17) is 9.47 Å². The third kappa shape index (κ3) is 5.39. The number of allylic oxidation sites excluding steroid dienone is 2. The summed E-state index contributed by atoms with van der Waals surface area (Å²) in [7, 11) is 1.37. The molecule has 2 aliphatic rings. The van der Waals surface area contributed by atoms with Gasteiger partial charge in [-0.25, -0.2) is 4.79 Å². The van der Waals surface area contributed by atoms with Gasteiger partial charge in [0.2, 0.25) is 0 Å². The molecular formula is C26H38O4. The number of benzene rings is 1. The summed E-state index contributed by atoms with van der Waals surface area (Å²) in [6.45, 7) is 6.64. The van der Waals surface area contributed by atoms with Gasteiger partial charge >= 0.3 is 5.97 Å². The zero-order valence-electron chi connectivity index (χ0n) is 19.1. The Balaban J connectivity index is 1.96. The summed E-state index contributed by atoms with van der Waals surface area (Å²) >= 11 is 0. The Morgan fingerprint density at radius 2 is 2.03 bits per heavy atom. The van der Waals surface area contributed by atoms with E-state index in [-0.39, 0.29) is 12.5 Å². The molecule has 1 aromatic carbocycles. The monoisotopic (exact) mass is 414 g/mol. The van der Waals surface area contributed by atoms with E-state index in [0.29, 0.717) is 22.8 Å². The second kappa shape index (κ2) is 9.89. The fourth-order valence-electron chi connectivity index (χ4n) is 4.94. The van der Waals surface area contributed by atoms with Crippen molar-refractivity contribution in [2.45, 2.75) is 84.5 Å². The zero-order chi connectivity index (χ0) is 21.7. The van der Waals surface area contributed by atoms with Crippen LogP contribution in [0.5, 0.6) is 11.5 Å². The van der Waals surface area contributed by atoms with Gasteiger partial charge in [0.05, 0.1) is 7.11 Å². The van der Waals surface area contributed by atoms with Crippen molar-refractivity contribution in [3.63, 3.8) is 0 Å². The maximum Gasteiger partial charge on any atom is 0.343 e. The van der Waals surface area contributed by atoms with E-state index in [0.717, 1.165) is 56.1 Å². The van der Waals surface area contributed by atoms with Gasteiger partial charge in [-0.2, -0.15) is 0 Å². The molecule has 1 fully saturated rings. The number of aromatic hydroxyl groups is 1. The van der Waals surface area contributed by atoms with Gasteiger partial charge in [-0.05, 0) is 86.8 Å². The van der Waals surface area contributed by atoms with Crippen LogP contribution in [0.1, 0.15) is 89.2 Å². The van der Waals surface area contributed by atoms with Crippen LogP contribution in [0.15, 0.2) is 23.8 Å². The molecule has 2 atom stereocenters. The summed E-state index contributed by atoms with van der Waals surface area (Å²) in [6, 6.07) is 3.97. The van der Waals surface area contributed by atoms with Crippen molar-refractivity contribution in [2.75, 3.05) is 13.7 Å². The van der Waals surface area contributed by atoms with Crippen molar-refractivity contribution in [3.8, 4) is 11.5 Å². The molecule has 0 saturated heterocycles. The van der Waals surface area contributed by atoms with Crippen molar-refractivity contribution in [2.24, 2.45) is 11.3 Å². The van der Waals surface area contributed by atoms with Crippen molar-refractivity contribution < 1.29 is 19.4 Å². The van der Waals surface area contributed by atoms with Crippen LogP contribution in [0.3, 0.4) is 0 Å². The van der Waals surface area contributed by atoms with Gasteiger partial charge in [0.1, 0.15) is 11.5 Å². The van der Waals surface area contributed by atoms with Crippen molar-refractivity contribution in [1.82, 2.24) is 0 Å². The van der Waals surface area contributed by atoms with E-state index in [1.807, 2.05) is 12.1 Å². The number of methoxy groups -OCH3 is 1. The lowest BCUT2D eigenvalue weighted by atomic mass is 9.73. The van der Waals surface area contributed by atoms with Crippen molar-refractivity contribution in [3.05, 3.63) is 34.9 Å². The summed E-state index contributed by atoms with van der Waals surface area (Å²) in [4.78, 5) is 11.8. The molecule has 30 heavy (non-hydrogen) atoms. The Morgan fingerprint density at radius 1 is 1.27 bits per heavy atom. The fourth-order valence-corrected chi connectivity index (χ4v) is 4.94. The Labute approximate surface area is 181 Å². The van der Waals surface area contributed by atoms with Crippen LogP contribution in [0.2, 0.25) is 0 Å². The van der Waals surface area contributed by atoms with Gasteiger partial charge in [0.15, 0.2) is 6.61 Å². The summed E-state index contributed by atoms with van der Waals surface area (Å²) < 4.78 is 10.8. The number of rotatable bonds is 9. The van der Waals surface area contributed by atoms with Crippen LogP contribution >= 0.6 is 0 Å². The first kappa shape index (κ1) is 22.7. The molecule has 0 unspecified atom stereocenters. The lowest BCUT2D eigenvalue weighted by molar-refractivity contribution is -0.142. The smallest absolute Gasteiger partial charge is 0.343 e. The van der Waals surface area contributed by atoms with Gasteiger partial charge in [-0.1, -0.05) is 38.3 Å². The Morgan fingerprint density at radius 3 is 2.70 bits per heavy atom. The Kier molecular flexibility index (Phi) is 7.49. The highest BCUT2D eigenvalue weighted by molar-refractivity contribution is 5.71. The molecule has 1 aromatic rings. The van der Waals surface area contributed by atoms with Crippen LogP contribution in [0.25, 0.3) is 0 Å². The predicted octanol–water partition coefficient (Wildman–Crippen LogP) is 6.31. The van der Waals surface area contributed by atoms with E-state index in [1.54, 1.807) is 0 Å². The van der Waals surface area contributed by atoms with E-state index in [9.17, 15) is 9.90 Å². The number of ether oxygens (including phenoxy) is 2. The third-order valence-corrected chi connectivity index (χ3v) is 7.18. The number of esters is 1. The molecule has 0 bridgehead atoms. The number of phenolic OH excluding ortho intramolecular Hbond substituents is 1. The summed E-state index contributed by atoms with van der Waals surface area (Å²) in [5, 5.41) is 11.2. The summed E-state index contributed by atoms with van der Waals surface area (Å²) in [5.74, 6) is 1.28. The average Bonchev–Trinajstić information content (AvgIpc) is 3.49. The first-order chi connectivity index (χ1) is 14.4. The molecule has 0 aromatic heterocycles. The second-order valence-electron chi connectivity index (χ2n) is 9.54. The van der Waals surface area contributed by atoms with Crippen LogP contribution in [-0.4, -0.2) is 24.8 Å². The van der Waals surface area contributed by atoms with Crippen LogP contribution in [0.4, 0.5) is 0 Å². The van der Waals surface area contributed by atoms with Crippen LogP contribution < -0.4 is 4.74 Å². The van der Waals surface area contributed by atoms with Gasteiger partial charge in [0, 0.05) is 5.56 Å². The van der Waals surface area contributed by atoms with E-state index < -0.39 is 5.97 Å². The number of carbonyl (C=O) groups excluding carboxylic acids is 1. The highest BCUT2D eigenvalue weighted by Crippen LogP contribution is 2.60. The van der Waals surface area contributed by atoms with Crippen LogP contribution in [-0.2, 0) is 16.0 Å². The molecule has 1 N–H and O–H groups in total. The lowest BCUT2D eigenvalue weighted by Gasteiger charge is -2.32. The van der Waals surface area contributed by atoms with Crippen LogP contribution in [0, 0.1) is 11.3 Å². The highest BCUT2D eigenvalue weighted by atomic mass is 16.6. The normalized spacial score (nSPS) is 22.7. The molecule has 0 aliphatic heterocycles. The minimum absolute atomic E-state index is 0.132. The topological polar surface area (TPSA) is 55.8 Å². The SMILES string of the molecule is CCCCCc1cc(O)c([C@@H]2CCC(C)=CC[C@H]2C2(C)CC2)c(OCC(=O)OC)c1. The molecule has 0 heterocycles. The molecule has 166 valence electrons. The minimum atomic E-state index is -0.402. The quantitative estimate of drug-likeness (QED) is 0.292. The predicted molar refractivity (Wildman–Crippen MR) is 120 cm³/mol. The molecule has 1 saturated carbocycles. The van der Waals surface area contributed by atoms with E-state index in [1.165, 1.54) is 25.5 Å². The maximum atomic E-state index is 11.8. The van der Waals surface area contributed by atoms with Gasteiger partial charge in [0.25, 0.3) is 0 Å². The van der Waals surface area contributed by atoms with Gasteiger partial charge < -0.3 is 14.6 Å². The molecular weight excluding hydrogens is 376 g/mol.